The van der Waals surface area contributed by atoms with E-state index in [0.717, 1.165) is 0 Å². The Balaban J connectivity index is 2.68. The predicted octanol–water partition coefficient (Wildman–Crippen LogP) is 2.56. The molecule has 1 N–H and O–H groups in total. The summed E-state index contributed by atoms with van der Waals surface area (Å²) in [6, 6.07) is 1.54. The van der Waals surface area contributed by atoms with Crippen molar-refractivity contribution in [3.8, 4) is 0 Å². The van der Waals surface area contributed by atoms with Gasteiger partial charge < -0.3 is 14.2 Å². The molecule has 0 saturated heterocycles. The standard InChI is InChI=1S/C17H21N3O6/c1-9-7-11(19-16(23)26-17(2,3)4)12(15(22)25-6)13-10(14(21)24-5)8-18-20(9)13/h7-8H,1-6H3,(H,19,23). The first-order valence-corrected chi connectivity index (χ1v) is 7.77. The van der Waals surface area contributed by atoms with Crippen LogP contribution in [0.15, 0.2) is 12.3 Å². The third-order valence-electron chi connectivity index (χ3n) is 3.39. The average molecular weight is 363 g/mol. The molecule has 0 aliphatic heterocycles. The molecule has 0 radical (unpaired) electrons. The van der Waals surface area contributed by atoms with Crippen LogP contribution in [-0.4, -0.2) is 47.5 Å². The Labute approximate surface area is 150 Å². The van der Waals surface area contributed by atoms with Crippen molar-refractivity contribution in [1.82, 2.24) is 9.61 Å². The van der Waals surface area contributed by atoms with Crippen molar-refractivity contribution in [1.29, 1.82) is 0 Å². The van der Waals surface area contributed by atoms with Gasteiger partial charge in [-0.1, -0.05) is 0 Å². The molecular weight excluding hydrogens is 342 g/mol. The highest BCUT2D eigenvalue weighted by atomic mass is 16.6. The van der Waals surface area contributed by atoms with Gasteiger partial charge in [0.05, 0.1) is 31.6 Å². The van der Waals surface area contributed by atoms with Crippen molar-refractivity contribution in [2.24, 2.45) is 0 Å². The van der Waals surface area contributed by atoms with Crippen molar-refractivity contribution in [2.75, 3.05) is 19.5 Å². The maximum atomic E-state index is 12.4. The molecule has 140 valence electrons. The highest BCUT2D eigenvalue weighted by Crippen LogP contribution is 2.28. The summed E-state index contributed by atoms with van der Waals surface area (Å²) in [5.41, 5.74) is 0.221. The zero-order valence-corrected chi connectivity index (χ0v) is 15.5. The molecule has 1 amide bonds. The second kappa shape index (κ2) is 7.03. The number of rotatable bonds is 3. The van der Waals surface area contributed by atoms with E-state index in [-0.39, 0.29) is 22.3 Å². The molecule has 0 aromatic carbocycles. The van der Waals surface area contributed by atoms with Crippen LogP contribution in [0.25, 0.3) is 5.52 Å². The fraction of sp³-hybridized carbons (Fsp3) is 0.412. The molecule has 26 heavy (non-hydrogen) atoms. The van der Waals surface area contributed by atoms with E-state index in [9.17, 15) is 14.4 Å². The molecule has 0 bridgehead atoms. The zero-order valence-electron chi connectivity index (χ0n) is 15.5. The zero-order chi connectivity index (χ0) is 19.6. The van der Waals surface area contributed by atoms with Crippen LogP contribution in [0.4, 0.5) is 10.5 Å². The number of carbonyl (C=O) groups is 3. The van der Waals surface area contributed by atoms with Gasteiger partial charge in [-0.15, -0.1) is 0 Å². The van der Waals surface area contributed by atoms with E-state index in [1.807, 2.05) is 0 Å². The first kappa shape index (κ1) is 19.2. The first-order valence-electron chi connectivity index (χ1n) is 7.77. The minimum atomic E-state index is -0.745. The number of pyridine rings is 1. The minimum Gasteiger partial charge on any atom is -0.465 e. The van der Waals surface area contributed by atoms with Gasteiger partial charge in [0, 0.05) is 5.69 Å². The number of anilines is 1. The SMILES string of the molecule is COC(=O)c1cnn2c(C)cc(NC(=O)OC(C)(C)C)c(C(=O)OC)c12. The van der Waals surface area contributed by atoms with Crippen LogP contribution in [0.1, 0.15) is 47.2 Å². The number of carbonyl (C=O) groups excluding carboxylic acids is 3. The molecule has 2 aromatic heterocycles. The van der Waals surface area contributed by atoms with Crippen LogP contribution >= 0.6 is 0 Å². The van der Waals surface area contributed by atoms with E-state index in [1.54, 1.807) is 27.7 Å². The Morgan fingerprint density at radius 3 is 2.27 bits per heavy atom. The molecule has 0 saturated carbocycles. The van der Waals surface area contributed by atoms with Crippen molar-refractivity contribution in [2.45, 2.75) is 33.3 Å². The molecule has 2 aromatic rings. The molecule has 0 atom stereocenters. The maximum absolute atomic E-state index is 12.4. The fourth-order valence-corrected chi connectivity index (χ4v) is 2.41. The number of fused-ring (bicyclic) bond motifs is 1. The number of aromatic nitrogens is 2. The second-order valence-corrected chi connectivity index (χ2v) is 6.50. The Morgan fingerprint density at radius 2 is 1.73 bits per heavy atom. The van der Waals surface area contributed by atoms with Crippen molar-refractivity contribution >= 4 is 29.2 Å². The number of nitrogens with one attached hydrogen (secondary N) is 1. The number of hydrogen-bond acceptors (Lipinski definition) is 7. The van der Waals surface area contributed by atoms with Crippen molar-refractivity contribution in [3.05, 3.63) is 29.1 Å². The summed E-state index contributed by atoms with van der Waals surface area (Å²) in [5, 5.41) is 6.64. The Bertz CT molecular complexity index is 879. The van der Waals surface area contributed by atoms with E-state index in [1.165, 1.54) is 31.0 Å². The number of aryl methyl sites for hydroxylation is 1. The molecule has 0 unspecified atom stereocenters. The number of nitrogens with zero attached hydrogens (tertiary/aromatic N) is 2. The molecule has 0 spiro atoms. The molecule has 0 aliphatic carbocycles. The summed E-state index contributed by atoms with van der Waals surface area (Å²) in [4.78, 5) is 36.6. The number of amides is 1. The lowest BCUT2D eigenvalue weighted by molar-refractivity contribution is 0.0599. The van der Waals surface area contributed by atoms with Gasteiger partial charge in [-0.3, -0.25) is 5.32 Å². The second-order valence-electron chi connectivity index (χ2n) is 6.50. The van der Waals surface area contributed by atoms with Gasteiger partial charge in [0.25, 0.3) is 0 Å². The summed E-state index contributed by atoms with van der Waals surface area (Å²) < 4.78 is 16.2. The van der Waals surface area contributed by atoms with Gasteiger partial charge in [-0.25, -0.2) is 18.9 Å². The molecular formula is C17H21N3O6. The average Bonchev–Trinajstić information content (AvgIpc) is 2.97. The van der Waals surface area contributed by atoms with Crippen LogP contribution in [0, 0.1) is 6.92 Å². The first-order chi connectivity index (χ1) is 12.1. The van der Waals surface area contributed by atoms with Crippen LogP contribution < -0.4 is 5.32 Å². The topological polar surface area (TPSA) is 108 Å². The minimum absolute atomic E-state index is 0.0261. The van der Waals surface area contributed by atoms with Crippen LogP contribution in [0.5, 0.6) is 0 Å². The lowest BCUT2D eigenvalue weighted by Crippen LogP contribution is -2.28. The Morgan fingerprint density at radius 1 is 1.12 bits per heavy atom. The lowest BCUT2D eigenvalue weighted by atomic mass is 10.1. The fourth-order valence-electron chi connectivity index (χ4n) is 2.41. The third kappa shape index (κ3) is 3.76. The largest absolute Gasteiger partial charge is 0.465 e. The molecule has 2 heterocycles. The van der Waals surface area contributed by atoms with E-state index < -0.39 is 23.6 Å². The molecule has 9 heteroatoms. The monoisotopic (exact) mass is 363 g/mol. The van der Waals surface area contributed by atoms with Gasteiger partial charge in [-0.05, 0) is 33.8 Å². The van der Waals surface area contributed by atoms with E-state index in [4.69, 9.17) is 14.2 Å². The summed E-state index contributed by atoms with van der Waals surface area (Å²) in [5.74, 6) is -1.41. The van der Waals surface area contributed by atoms with Crippen molar-refractivity contribution in [3.63, 3.8) is 0 Å². The Kier molecular flexibility index (Phi) is 5.20. The predicted molar refractivity (Wildman–Crippen MR) is 92.5 cm³/mol. The van der Waals surface area contributed by atoms with E-state index >= 15 is 0 Å². The highest BCUT2D eigenvalue weighted by molar-refractivity contribution is 6.10. The Hall–Kier alpha value is -3.10. The number of ether oxygens (including phenoxy) is 3. The molecule has 0 aliphatic rings. The maximum Gasteiger partial charge on any atom is 0.412 e. The van der Waals surface area contributed by atoms with Gasteiger partial charge >= 0.3 is 18.0 Å². The van der Waals surface area contributed by atoms with Crippen LogP contribution in [0.3, 0.4) is 0 Å². The lowest BCUT2D eigenvalue weighted by Gasteiger charge is -2.20. The smallest absolute Gasteiger partial charge is 0.412 e. The third-order valence-corrected chi connectivity index (χ3v) is 3.39. The highest BCUT2D eigenvalue weighted by Gasteiger charge is 2.27. The summed E-state index contributed by atoms with van der Waals surface area (Å²) in [6.07, 6.45) is 0.545. The van der Waals surface area contributed by atoms with E-state index in [0.29, 0.717) is 5.69 Å². The van der Waals surface area contributed by atoms with Crippen LogP contribution in [0.2, 0.25) is 0 Å². The molecule has 2 rings (SSSR count). The summed E-state index contributed by atoms with van der Waals surface area (Å²) >= 11 is 0. The van der Waals surface area contributed by atoms with Gasteiger partial charge in [-0.2, -0.15) is 5.10 Å². The quantitative estimate of drug-likeness (QED) is 0.659. The number of hydrogen-bond donors (Lipinski definition) is 1. The normalized spacial score (nSPS) is 11.2. The van der Waals surface area contributed by atoms with Crippen molar-refractivity contribution < 1.29 is 28.6 Å². The van der Waals surface area contributed by atoms with Gasteiger partial charge in [0.2, 0.25) is 0 Å². The summed E-state index contributed by atoms with van der Waals surface area (Å²) in [6.45, 7) is 6.86. The van der Waals surface area contributed by atoms with Crippen LogP contribution in [-0.2, 0) is 14.2 Å². The van der Waals surface area contributed by atoms with Gasteiger partial charge in [0.15, 0.2) is 0 Å². The van der Waals surface area contributed by atoms with E-state index in [2.05, 4.69) is 10.4 Å². The van der Waals surface area contributed by atoms with Gasteiger partial charge in [0.1, 0.15) is 16.7 Å². The number of esters is 2. The molecule has 9 nitrogen and oxygen atoms in total. The summed E-state index contributed by atoms with van der Waals surface area (Å²) in [7, 11) is 2.42. The molecule has 0 fully saturated rings. The number of methoxy groups -OCH3 is 2.